The molecule has 2 saturated carbocycles. The minimum atomic E-state index is -4.14. The van der Waals surface area contributed by atoms with E-state index in [1.165, 1.54) is 0 Å². The van der Waals surface area contributed by atoms with E-state index in [0.717, 1.165) is 0 Å². The molecular weight excluding hydrogens is 472 g/mol. The van der Waals surface area contributed by atoms with Gasteiger partial charge < -0.3 is 5.53 Å². The van der Waals surface area contributed by atoms with Crippen LogP contribution in [0.5, 0.6) is 0 Å². The Morgan fingerprint density at radius 3 is 1.30 bits per heavy atom. The molecule has 0 N–H and O–H groups in total. The highest BCUT2D eigenvalue weighted by Crippen LogP contribution is 2.33. The van der Waals surface area contributed by atoms with Gasteiger partial charge in [0.05, 0.1) is 10.5 Å². The van der Waals surface area contributed by atoms with Crippen molar-refractivity contribution >= 4 is 55.9 Å². The Morgan fingerprint density at radius 1 is 0.739 bits per heavy atom. The molecule has 6 nitrogen and oxygen atoms in total. The SMILES string of the molecule is [N-]=[N+]=C(S(=O)(=O)C1CCC(Br)CC1)S(=O)(=O)C1CCC(Br)CC1. The number of alkyl halides is 2. The Kier molecular flexibility index (Phi) is 6.50. The summed E-state index contributed by atoms with van der Waals surface area (Å²) in [6.07, 6.45) is 4.16. The molecule has 0 heterocycles. The summed E-state index contributed by atoms with van der Waals surface area (Å²) in [5, 5.41) is -1.58. The van der Waals surface area contributed by atoms with Gasteiger partial charge >= 0.3 is 4.38 Å². The summed E-state index contributed by atoms with van der Waals surface area (Å²) in [6, 6.07) is 0. The maximum absolute atomic E-state index is 12.7. The van der Waals surface area contributed by atoms with Crippen LogP contribution < -0.4 is 0 Å². The first-order valence-corrected chi connectivity index (χ1v) is 12.6. The second kappa shape index (κ2) is 7.64. The van der Waals surface area contributed by atoms with Crippen LogP contribution in [0.2, 0.25) is 0 Å². The van der Waals surface area contributed by atoms with Crippen molar-refractivity contribution in [1.82, 2.24) is 0 Å². The zero-order valence-electron chi connectivity index (χ0n) is 12.6. The van der Waals surface area contributed by atoms with Crippen molar-refractivity contribution in [3.63, 3.8) is 0 Å². The van der Waals surface area contributed by atoms with Crippen molar-refractivity contribution < 1.29 is 21.6 Å². The Bertz CT molecular complexity index is 631. The van der Waals surface area contributed by atoms with Crippen LogP contribution in [-0.2, 0) is 19.7 Å². The van der Waals surface area contributed by atoms with Crippen molar-refractivity contribution in [1.29, 1.82) is 0 Å². The average Bonchev–Trinajstić information content (AvgIpc) is 2.48. The molecule has 0 aromatic rings. The number of hydrogen-bond donors (Lipinski definition) is 0. The van der Waals surface area contributed by atoms with Crippen LogP contribution in [0.1, 0.15) is 51.4 Å². The van der Waals surface area contributed by atoms with E-state index in [9.17, 15) is 22.4 Å². The molecule has 132 valence electrons. The molecule has 0 atom stereocenters. The van der Waals surface area contributed by atoms with Gasteiger partial charge in [-0.3, -0.25) is 0 Å². The van der Waals surface area contributed by atoms with Crippen molar-refractivity contribution in [2.24, 2.45) is 0 Å². The molecule has 0 aromatic heterocycles. The van der Waals surface area contributed by atoms with Gasteiger partial charge in [-0.05, 0) is 51.4 Å². The number of hydrogen-bond acceptors (Lipinski definition) is 4. The maximum Gasteiger partial charge on any atom is 0.495 e. The topological polar surface area (TPSA) is 105 Å². The Labute approximate surface area is 154 Å². The first-order valence-electron chi connectivity index (χ1n) is 7.67. The van der Waals surface area contributed by atoms with Crippen LogP contribution in [-0.4, -0.2) is 46.2 Å². The van der Waals surface area contributed by atoms with E-state index < -0.39 is 34.6 Å². The standard InChI is InChI=1S/C13H20Br2N2O4S2/c14-9-1-5-11(6-2-9)22(18,19)13(17-16)23(20,21)12-7-3-10(15)4-8-12/h9-12H,1-8H2. The molecular formula is C13H20Br2N2O4S2. The summed E-state index contributed by atoms with van der Waals surface area (Å²) in [5.74, 6) is 0. The molecule has 0 aliphatic heterocycles. The molecule has 0 radical (unpaired) electrons. The fourth-order valence-corrected chi connectivity index (χ4v) is 8.98. The van der Waals surface area contributed by atoms with Crippen LogP contribution in [0.25, 0.3) is 5.53 Å². The maximum atomic E-state index is 12.7. The number of rotatable bonds is 2. The molecule has 0 amide bonds. The van der Waals surface area contributed by atoms with Gasteiger partial charge in [0, 0.05) is 9.65 Å². The fourth-order valence-electron chi connectivity index (χ4n) is 3.23. The van der Waals surface area contributed by atoms with Gasteiger partial charge in [-0.15, -0.1) is 4.79 Å². The lowest BCUT2D eigenvalue weighted by atomic mass is 10.0. The van der Waals surface area contributed by atoms with Crippen LogP contribution in [0.3, 0.4) is 0 Å². The lowest BCUT2D eigenvalue weighted by molar-refractivity contribution is 0.00360. The second-order valence-corrected chi connectivity index (χ2v) is 13.3. The van der Waals surface area contributed by atoms with E-state index >= 15 is 0 Å². The predicted molar refractivity (Wildman–Crippen MR) is 96.4 cm³/mol. The second-order valence-electron chi connectivity index (χ2n) is 6.20. The third kappa shape index (κ3) is 4.26. The Morgan fingerprint density at radius 2 is 1.04 bits per heavy atom. The molecule has 0 aromatic carbocycles. The highest BCUT2D eigenvalue weighted by molar-refractivity contribution is 9.09. The van der Waals surface area contributed by atoms with Crippen LogP contribution in [0, 0.1) is 0 Å². The van der Waals surface area contributed by atoms with Gasteiger partial charge in [0.2, 0.25) is 0 Å². The molecule has 0 saturated heterocycles. The lowest BCUT2D eigenvalue weighted by Crippen LogP contribution is -2.41. The van der Waals surface area contributed by atoms with E-state index in [-0.39, 0.29) is 9.65 Å². The summed E-state index contributed by atoms with van der Waals surface area (Å²) in [5.41, 5.74) is 9.17. The lowest BCUT2D eigenvalue weighted by Gasteiger charge is -2.25. The van der Waals surface area contributed by atoms with Gasteiger partial charge in [-0.25, -0.2) is 16.8 Å². The van der Waals surface area contributed by atoms with Gasteiger partial charge in [0.1, 0.15) is 0 Å². The summed E-state index contributed by atoms with van der Waals surface area (Å²) in [7, 11) is -8.28. The monoisotopic (exact) mass is 490 g/mol. The van der Waals surface area contributed by atoms with E-state index in [1.807, 2.05) is 0 Å². The smallest absolute Gasteiger partial charge is 0.359 e. The van der Waals surface area contributed by atoms with E-state index in [4.69, 9.17) is 0 Å². The van der Waals surface area contributed by atoms with Crippen molar-refractivity contribution in [2.45, 2.75) is 71.5 Å². The highest BCUT2D eigenvalue weighted by Gasteiger charge is 2.50. The van der Waals surface area contributed by atoms with Crippen molar-refractivity contribution in [2.75, 3.05) is 0 Å². The summed E-state index contributed by atoms with van der Waals surface area (Å²) in [4.78, 5) is 3.25. The molecule has 2 aliphatic rings. The molecule has 0 spiro atoms. The fraction of sp³-hybridized carbons (Fsp3) is 0.923. The predicted octanol–water partition coefficient (Wildman–Crippen LogP) is 2.81. The van der Waals surface area contributed by atoms with Gasteiger partial charge in [-0.2, -0.15) is 0 Å². The van der Waals surface area contributed by atoms with Gasteiger partial charge in [-0.1, -0.05) is 31.9 Å². The van der Waals surface area contributed by atoms with Gasteiger partial charge in [0.15, 0.2) is 0 Å². The number of nitrogens with zero attached hydrogens (tertiary/aromatic N) is 2. The largest absolute Gasteiger partial charge is 0.495 e. The van der Waals surface area contributed by atoms with E-state index in [2.05, 4.69) is 36.6 Å². The third-order valence-electron chi connectivity index (χ3n) is 4.65. The molecule has 10 heteroatoms. The van der Waals surface area contributed by atoms with Crippen molar-refractivity contribution in [3.05, 3.63) is 5.53 Å². The molecule has 23 heavy (non-hydrogen) atoms. The molecule has 0 bridgehead atoms. The van der Waals surface area contributed by atoms with E-state index in [0.29, 0.717) is 51.4 Å². The normalized spacial score (nSPS) is 33.0. The van der Waals surface area contributed by atoms with Crippen LogP contribution in [0.4, 0.5) is 0 Å². The zero-order valence-corrected chi connectivity index (χ0v) is 17.4. The highest BCUT2D eigenvalue weighted by atomic mass is 79.9. The summed E-state index contributed by atoms with van der Waals surface area (Å²) < 4.78 is 49.7. The summed E-state index contributed by atoms with van der Waals surface area (Å²) >= 11 is 6.89. The van der Waals surface area contributed by atoms with Gasteiger partial charge in [0.25, 0.3) is 19.7 Å². The average molecular weight is 492 g/mol. The number of sulfone groups is 2. The first-order chi connectivity index (χ1) is 10.7. The van der Waals surface area contributed by atoms with Crippen LogP contribution >= 0.6 is 31.9 Å². The Balaban J connectivity index is 2.26. The zero-order chi connectivity index (χ0) is 17.3. The molecule has 0 unspecified atom stereocenters. The molecule has 2 fully saturated rings. The van der Waals surface area contributed by atoms with Crippen LogP contribution in [0.15, 0.2) is 0 Å². The minimum absolute atomic E-state index is 0.259. The quantitative estimate of drug-likeness (QED) is 0.194. The molecule has 2 rings (SSSR count). The third-order valence-corrected chi connectivity index (χ3v) is 11.7. The van der Waals surface area contributed by atoms with Crippen molar-refractivity contribution in [3.8, 4) is 0 Å². The molecule has 2 aliphatic carbocycles. The number of halogens is 2. The Hall–Kier alpha value is 0.240. The first kappa shape index (κ1) is 19.6. The summed E-state index contributed by atoms with van der Waals surface area (Å²) in [6.45, 7) is 0. The van der Waals surface area contributed by atoms with E-state index in [1.54, 1.807) is 0 Å². The minimum Gasteiger partial charge on any atom is -0.359 e.